The van der Waals surface area contributed by atoms with E-state index in [1.165, 1.54) is 0 Å². The Kier molecular flexibility index (Phi) is 3.17. The number of fused-ring (bicyclic) bond motifs is 3. The van der Waals surface area contributed by atoms with Crippen molar-refractivity contribution >= 4 is 22.9 Å². The lowest BCUT2D eigenvalue weighted by Crippen LogP contribution is -2.40. The standard InChI is InChI=1S/C16H14N4OS/c21-15-12-8-10-22-16(12)20-9-4-7-13(20)14(17-15)19-18-11-5-2-1-3-6-11/h1-10,14,18-19H,(H,17,21). The van der Waals surface area contributed by atoms with Crippen molar-refractivity contribution in [2.45, 2.75) is 6.17 Å². The molecule has 0 radical (unpaired) electrons. The summed E-state index contributed by atoms with van der Waals surface area (Å²) in [6.45, 7) is 0. The normalized spacial score (nSPS) is 16.4. The number of nitrogens with one attached hydrogen (secondary N) is 3. The van der Waals surface area contributed by atoms with Gasteiger partial charge in [-0.1, -0.05) is 18.2 Å². The Morgan fingerprint density at radius 3 is 2.82 bits per heavy atom. The highest BCUT2D eigenvalue weighted by Crippen LogP contribution is 2.29. The van der Waals surface area contributed by atoms with Gasteiger partial charge in [0, 0.05) is 11.9 Å². The lowest BCUT2D eigenvalue weighted by atomic mass is 10.3. The van der Waals surface area contributed by atoms with Gasteiger partial charge in [-0.25, -0.2) is 5.43 Å². The molecule has 1 unspecified atom stereocenters. The summed E-state index contributed by atoms with van der Waals surface area (Å²) in [7, 11) is 0. The van der Waals surface area contributed by atoms with Crippen LogP contribution in [-0.4, -0.2) is 10.5 Å². The smallest absolute Gasteiger partial charge is 0.255 e. The minimum absolute atomic E-state index is 0.0766. The number of carbonyl (C=O) groups excluding carboxylic acids is 1. The number of carbonyl (C=O) groups is 1. The lowest BCUT2D eigenvalue weighted by molar-refractivity contribution is 0.0933. The first-order valence-electron chi connectivity index (χ1n) is 6.95. The van der Waals surface area contributed by atoms with Gasteiger partial charge < -0.3 is 15.3 Å². The third kappa shape index (κ3) is 2.18. The summed E-state index contributed by atoms with van der Waals surface area (Å²) in [6.07, 6.45) is 1.66. The number of anilines is 1. The van der Waals surface area contributed by atoms with Crippen LogP contribution in [0.2, 0.25) is 0 Å². The highest BCUT2D eigenvalue weighted by Gasteiger charge is 2.26. The highest BCUT2D eigenvalue weighted by atomic mass is 32.1. The van der Waals surface area contributed by atoms with Crippen molar-refractivity contribution in [2.24, 2.45) is 0 Å². The van der Waals surface area contributed by atoms with Gasteiger partial charge in [0.15, 0.2) is 0 Å². The fourth-order valence-electron chi connectivity index (χ4n) is 2.54. The van der Waals surface area contributed by atoms with E-state index in [9.17, 15) is 4.79 Å². The molecule has 4 rings (SSSR count). The van der Waals surface area contributed by atoms with Crippen molar-refractivity contribution in [1.82, 2.24) is 15.3 Å². The molecule has 0 aliphatic carbocycles. The maximum atomic E-state index is 12.4. The lowest BCUT2D eigenvalue weighted by Gasteiger charge is -2.20. The fourth-order valence-corrected chi connectivity index (χ4v) is 3.45. The summed E-state index contributed by atoms with van der Waals surface area (Å²) < 4.78 is 2.04. The number of hydrazine groups is 1. The Labute approximate surface area is 131 Å². The van der Waals surface area contributed by atoms with Gasteiger partial charge in [0.1, 0.15) is 11.2 Å². The van der Waals surface area contributed by atoms with Crippen molar-refractivity contribution in [2.75, 3.05) is 5.43 Å². The van der Waals surface area contributed by atoms with E-state index in [0.29, 0.717) is 5.56 Å². The zero-order valence-corrected chi connectivity index (χ0v) is 12.4. The Morgan fingerprint density at radius 1 is 1.09 bits per heavy atom. The maximum absolute atomic E-state index is 12.4. The Bertz CT molecular complexity index is 808. The predicted octanol–water partition coefficient (Wildman–Crippen LogP) is 2.90. The molecule has 1 amide bonds. The first-order valence-corrected chi connectivity index (χ1v) is 7.83. The number of hydrogen-bond donors (Lipinski definition) is 3. The van der Waals surface area contributed by atoms with Crippen LogP contribution in [0.1, 0.15) is 22.2 Å². The van der Waals surface area contributed by atoms with Crippen LogP contribution >= 0.6 is 11.3 Å². The molecule has 5 nitrogen and oxygen atoms in total. The van der Waals surface area contributed by atoms with Crippen LogP contribution in [0.25, 0.3) is 5.00 Å². The molecule has 1 aliphatic heterocycles. The van der Waals surface area contributed by atoms with Gasteiger partial charge in [-0.15, -0.1) is 11.3 Å². The summed E-state index contributed by atoms with van der Waals surface area (Å²) >= 11 is 1.56. The molecule has 0 saturated carbocycles. The summed E-state index contributed by atoms with van der Waals surface area (Å²) in [5.74, 6) is -0.0766. The molecule has 0 bridgehead atoms. The average Bonchev–Trinajstić information content (AvgIpc) is 3.18. The number of nitrogens with zero attached hydrogens (tertiary/aromatic N) is 1. The second-order valence-corrected chi connectivity index (χ2v) is 5.88. The first-order chi connectivity index (χ1) is 10.8. The van der Waals surface area contributed by atoms with Gasteiger partial charge in [0.05, 0.1) is 11.3 Å². The fraction of sp³-hybridized carbons (Fsp3) is 0.0625. The largest absolute Gasteiger partial charge is 0.330 e. The van der Waals surface area contributed by atoms with Crippen molar-refractivity contribution in [3.05, 3.63) is 71.4 Å². The molecule has 3 N–H and O–H groups in total. The zero-order valence-electron chi connectivity index (χ0n) is 11.6. The number of hydrogen-bond acceptors (Lipinski definition) is 4. The Balaban J connectivity index is 1.64. The summed E-state index contributed by atoms with van der Waals surface area (Å²) in [5.41, 5.74) is 8.94. The van der Waals surface area contributed by atoms with Gasteiger partial charge in [0.25, 0.3) is 5.91 Å². The third-order valence-electron chi connectivity index (χ3n) is 3.59. The van der Waals surface area contributed by atoms with E-state index >= 15 is 0 Å². The van der Waals surface area contributed by atoms with E-state index in [-0.39, 0.29) is 12.1 Å². The van der Waals surface area contributed by atoms with Crippen molar-refractivity contribution in [3.63, 3.8) is 0 Å². The number of rotatable bonds is 3. The van der Waals surface area contributed by atoms with Crippen LogP contribution in [0.5, 0.6) is 0 Å². The van der Waals surface area contributed by atoms with E-state index in [2.05, 4.69) is 16.2 Å². The SMILES string of the molecule is O=C1NC(NNc2ccccc2)c2cccn2-c2sccc21. The van der Waals surface area contributed by atoms with Gasteiger partial charge in [-0.3, -0.25) is 4.79 Å². The van der Waals surface area contributed by atoms with Crippen LogP contribution < -0.4 is 16.2 Å². The third-order valence-corrected chi connectivity index (χ3v) is 4.51. The van der Waals surface area contributed by atoms with Gasteiger partial charge in [-0.05, 0) is 35.7 Å². The Hall–Kier alpha value is -2.57. The minimum atomic E-state index is -0.317. The molecule has 6 heteroatoms. The van der Waals surface area contributed by atoms with Crippen LogP contribution in [0.3, 0.4) is 0 Å². The van der Waals surface area contributed by atoms with Gasteiger partial charge in [0.2, 0.25) is 0 Å². The number of para-hydroxylation sites is 1. The summed E-state index contributed by atoms with van der Waals surface area (Å²) in [4.78, 5) is 12.4. The number of aromatic nitrogens is 1. The molecular weight excluding hydrogens is 296 g/mol. The second-order valence-electron chi connectivity index (χ2n) is 4.98. The molecule has 3 heterocycles. The topological polar surface area (TPSA) is 58.1 Å². The highest BCUT2D eigenvalue weighted by molar-refractivity contribution is 7.13. The molecule has 1 aliphatic rings. The van der Waals surface area contributed by atoms with Crippen molar-refractivity contribution in [3.8, 4) is 5.00 Å². The molecule has 2 aromatic heterocycles. The molecule has 1 aromatic carbocycles. The van der Waals surface area contributed by atoms with E-state index in [1.54, 1.807) is 11.3 Å². The molecule has 0 fully saturated rings. The van der Waals surface area contributed by atoms with E-state index in [4.69, 9.17) is 0 Å². The van der Waals surface area contributed by atoms with Crippen molar-refractivity contribution < 1.29 is 4.79 Å². The first kappa shape index (κ1) is 13.1. The van der Waals surface area contributed by atoms with Crippen LogP contribution in [0.4, 0.5) is 5.69 Å². The predicted molar refractivity (Wildman–Crippen MR) is 87.1 cm³/mol. The van der Waals surface area contributed by atoms with E-state index < -0.39 is 0 Å². The molecule has 1 atom stereocenters. The summed E-state index contributed by atoms with van der Waals surface area (Å²) in [6, 6.07) is 15.6. The monoisotopic (exact) mass is 310 g/mol. The zero-order chi connectivity index (χ0) is 14.9. The van der Waals surface area contributed by atoms with E-state index in [0.717, 1.165) is 16.4 Å². The average molecular weight is 310 g/mol. The van der Waals surface area contributed by atoms with Crippen LogP contribution in [0.15, 0.2) is 60.1 Å². The second kappa shape index (κ2) is 5.32. The van der Waals surface area contributed by atoms with Gasteiger partial charge in [-0.2, -0.15) is 0 Å². The number of amides is 1. The van der Waals surface area contributed by atoms with Gasteiger partial charge >= 0.3 is 0 Å². The molecule has 110 valence electrons. The molecule has 3 aromatic rings. The van der Waals surface area contributed by atoms with Crippen LogP contribution in [-0.2, 0) is 0 Å². The molecule has 0 saturated heterocycles. The number of benzene rings is 1. The molecular formula is C16H14N4OS. The van der Waals surface area contributed by atoms with E-state index in [1.807, 2.05) is 64.7 Å². The van der Waals surface area contributed by atoms with Crippen molar-refractivity contribution in [1.29, 1.82) is 0 Å². The molecule has 22 heavy (non-hydrogen) atoms. The Morgan fingerprint density at radius 2 is 1.95 bits per heavy atom. The van der Waals surface area contributed by atoms with Crippen LogP contribution in [0, 0.1) is 0 Å². The quantitative estimate of drug-likeness (QED) is 0.652. The maximum Gasteiger partial charge on any atom is 0.255 e. The number of thiophene rings is 1. The molecule has 0 spiro atoms. The minimum Gasteiger partial charge on any atom is -0.330 e. The summed E-state index contributed by atoms with van der Waals surface area (Å²) in [5, 5.41) is 5.89.